The number of rotatable bonds is 2. The number of morpholine rings is 1. The highest BCUT2D eigenvalue weighted by Crippen LogP contribution is 2.30. The van der Waals surface area contributed by atoms with Gasteiger partial charge in [-0.05, 0) is 12.5 Å². The standard InChI is InChI=1S/C16H13FN4O3/c17-9-1-12(14-4-18-8-24-14)15-19-3-13(21(15)5-9)16(22)20-6-11-2-10(20)7-23-11/h1,3-5,8,10-11H,2,6-7H2/t10-,11-/m0/s1. The molecule has 2 saturated heterocycles. The number of likely N-dealkylation sites (tertiary alicyclic amines) is 1. The van der Waals surface area contributed by atoms with Crippen molar-refractivity contribution in [2.45, 2.75) is 18.6 Å². The van der Waals surface area contributed by atoms with Crippen LogP contribution in [-0.4, -0.2) is 50.5 Å². The first kappa shape index (κ1) is 13.7. The van der Waals surface area contributed by atoms with Gasteiger partial charge in [0.2, 0.25) is 0 Å². The summed E-state index contributed by atoms with van der Waals surface area (Å²) in [4.78, 5) is 22.8. The number of nitrogens with zero attached hydrogens (tertiary/aromatic N) is 4. The molecule has 8 heteroatoms. The van der Waals surface area contributed by atoms with Crippen LogP contribution in [0.25, 0.3) is 17.0 Å². The molecule has 2 fully saturated rings. The third-order valence-electron chi connectivity index (χ3n) is 4.65. The summed E-state index contributed by atoms with van der Waals surface area (Å²) in [6.45, 7) is 1.13. The normalized spacial score (nSPS) is 22.6. The molecule has 0 aliphatic carbocycles. The van der Waals surface area contributed by atoms with Gasteiger partial charge in [-0.2, -0.15) is 0 Å². The number of hydrogen-bond acceptors (Lipinski definition) is 5. The van der Waals surface area contributed by atoms with Gasteiger partial charge in [0.25, 0.3) is 5.91 Å². The molecule has 5 rings (SSSR count). The van der Waals surface area contributed by atoms with E-state index in [0.717, 1.165) is 6.42 Å². The quantitative estimate of drug-likeness (QED) is 0.716. The van der Waals surface area contributed by atoms with Gasteiger partial charge in [0.05, 0.1) is 36.7 Å². The highest BCUT2D eigenvalue weighted by Gasteiger charge is 2.42. The minimum atomic E-state index is -0.479. The number of ether oxygens (including phenoxy) is 1. The fourth-order valence-electron chi connectivity index (χ4n) is 3.54. The van der Waals surface area contributed by atoms with Crippen molar-refractivity contribution < 1.29 is 18.3 Å². The Labute approximate surface area is 135 Å². The maximum Gasteiger partial charge on any atom is 0.272 e. The number of amides is 1. The van der Waals surface area contributed by atoms with Crippen LogP contribution in [0.1, 0.15) is 16.9 Å². The van der Waals surface area contributed by atoms with E-state index in [4.69, 9.17) is 9.15 Å². The first-order chi connectivity index (χ1) is 11.7. The molecule has 122 valence electrons. The van der Waals surface area contributed by atoms with Gasteiger partial charge in [-0.1, -0.05) is 0 Å². The van der Waals surface area contributed by atoms with Crippen LogP contribution < -0.4 is 0 Å². The molecule has 24 heavy (non-hydrogen) atoms. The third-order valence-corrected chi connectivity index (χ3v) is 4.65. The lowest BCUT2D eigenvalue weighted by molar-refractivity contribution is 0.0255. The molecule has 0 radical (unpaired) electrons. The predicted octanol–water partition coefficient (Wildman–Crippen LogP) is 1.74. The summed E-state index contributed by atoms with van der Waals surface area (Å²) in [5.74, 6) is -0.239. The molecular formula is C16H13FN4O3. The molecule has 3 aromatic rings. The molecular weight excluding hydrogens is 315 g/mol. The summed E-state index contributed by atoms with van der Waals surface area (Å²) < 4.78 is 26.3. The van der Waals surface area contributed by atoms with Crippen LogP contribution in [0.3, 0.4) is 0 Å². The topological polar surface area (TPSA) is 72.9 Å². The second-order valence-electron chi connectivity index (χ2n) is 6.08. The largest absolute Gasteiger partial charge is 0.443 e. The van der Waals surface area contributed by atoms with Crippen molar-refractivity contribution in [3.05, 3.63) is 42.6 Å². The van der Waals surface area contributed by atoms with Gasteiger partial charge in [0.1, 0.15) is 17.2 Å². The lowest BCUT2D eigenvalue weighted by Gasteiger charge is -2.26. The average Bonchev–Trinajstić information content (AvgIpc) is 3.34. The molecule has 0 N–H and O–H groups in total. The minimum absolute atomic E-state index is 0.0929. The van der Waals surface area contributed by atoms with Crippen molar-refractivity contribution in [3.8, 4) is 11.3 Å². The Morgan fingerprint density at radius 3 is 3.00 bits per heavy atom. The number of fused-ring (bicyclic) bond motifs is 3. The van der Waals surface area contributed by atoms with Crippen LogP contribution in [0.4, 0.5) is 4.39 Å². The summed E-state index contributed by atoms with van der Waals surface area (Å²) in [7, 11) is 0. The van der Waals surface area contributed by atoms with Crippen LogP contribution in [0.15, 0.2) is 35.5 Å². The molecule has 3 aromatic heterocycles. The molecule has 0 spiro atoms. The van der Waals surface area contributed by atoms with Crippen molar-refractivity contribution in [2.75, 3.05) is 13.2 Å². The molecule has 2 bridgehead atoms. The van der Waals surface area contributed by atoms with Crippen molar-refractivity contribution >= 4 is 11.6 Å². The number of carbonyl (C=O) groups is 1. The molecule has 0 aromatic carbocycles. The van der Waals surface area contributed by atoms with Crippen molar-refractivity contribution in [2.24, 2.45) is 0 Å². The van der Waals surface area contributed by atoms with E-state index >= 15 is 0 Å². The Balaban J connectivity index is 1.61. The fraction of sp³-hybridized carbons (Fsp3) is 0.312. The molecule has 1 amide bonds. The molecule has 2 aliphatic rings. The Bertz CT molecular complexity index is 936. The highest BCUT2D eigenvalue weighted by atomic mass is 19.1. The van der Waals surface area contributed by atoms with Crippen molar-refractivity contribution in [1.82, 2.24) is 19.3 Å². The maximum atomic E-state index is 14.1. The smallest absolute Gasteiger partial charge is 0.272 e. The first-order valence-corrected chi connectivity index (χ1v) is 7.69. The Morgan fingerprint density at radius 2 is 2.29 bits per heavy atom. The van der Waals surface area contributed by atoms with Gasteiger partial charge in [-0.3, -0.25) is 9.20 Å². The van der Waals surface area contributed by atoms with Crippen LogP contribution in [0.2, 0.25) is 0 Å². The predicted molar refractivity (Wildman–Crippen MR) is 79.8 cm³/mol. The van der Waals surface area contributed by atoms with Gasteiger partial charge in [0.15, 0.2) is 12.2 Å². The Hall–Kier alpha value is -2.74. The number of oxazole rings is 1. The summed E-state index contributed by atoms with van der Waals surface area (Å²) >= 11 is 0. The van der Waals surface area contributed by atoms with Gasteiger partial charge in [-0.25, -0.2) is 14.4 Å². The number of aromatic nitrogens is 3. The number of hydrogen-bond donors (Lipinski definition) is 0. The van der Waals surface area contributed by atoms with Crippen LogP contribution in [-0.2, 0) is 4.74 Å². The first-order valence-electron chi connectivity index (χ1n) is 7.69. The fourth-order valence-corrected chi connectivity index (χ4v) is 3.54. The van der Waals surface area contributed by atoms with Gasteiger partial charge in [-0.15, -0.1) is 0 Å². The van der Waals surface area contributed by atoms with Crippen LogP contribution >= 0.6 is 0 Å². The van der Waals surface area contributed by atoms with E-state index in [2.05, 4.69) is 9.97 Å². The number of halogens is 1. The van der Waals surface area contributed by atoms with Crippen molar-refractivity contribution in [3.63, 3.8) is 0 Å². The van der Waals surface area contributed by atoms with Crippen LogP contribution in [0, 0.1) is 5.82 Å². The average molecular weight is 328 g/mol. The van der Waals surface area contributed by atoms with E-state index in [-0.39, 0.29) is 18.1 Å². The van der Waals surface area contributed by atoms with E-state index in [1.54, 1.807) is 4.90 Å². The lowest BCUT2D eigenvalue weighted by Crippen LogP contribution is -2.41. The number of imidazole rings is 1. The Morgan fingerprint density at radius 1 is 1.38 bits per heavy atom. The third kappa shape index (κ3) is 1.89. The summed E-state index contributed by atoms with van der Waals surface area (Å²) in [6, 6.07) is 1.42. The van der Waals surface area contributed by atoms with E-state index in [0.29, 0.717) is 35.8 Å². The van der Waals surface area contributed by atoms with Crippen LogP contribution in [0.5, 0.6) is 0 Å². The SMILES string of the molecule is O=C(c1cnc2c(-c3cnco3)cc(F)cn12)N1C[C@@H]2C[C@H]1CO2. The second kappa shape index (κ2) is 4.88. The van der Waals surface area contributed by atoms with E-state index in [1.807, 2.05) is 0 Å². The van der Waals surface area contributed by atoms with E-state index in [1.165, 1.54) is 35.5 Å². The summed E-state index contributed by atoms with van der Waals surface area (Å²) in [5, 5.41) is 0. The summed E-state index contributed by atoms with van der Waals surface area (Å²) in [6.07, 6.45) is 6.47. The number of carbonyl (C=O) groups excluding carboxylic acids is 1. The monoisotopic (exact) mass is 328 g/mol. The number of pyridine rings is 1. The molecule has 0 saturated carbocycles. The molecule has 2 atom stereocenters. The molecule has 7 nitrogen and oxygen atoms in total. The zero-order valence-corrected chi connectivity index (χ0v) is 12.6. The van der Waals surface area contributed by atoms with Gasteiger partial charge < -0.3 is 14.1 Å². The molecule has 5 heterocycles. The van der Waals surface area contributed by atoms with Crippen molar-refractivity contribution in [1.29, 1.82) is 0 Å². The molecule has 0 unspecified atom stereocenters. The zero-order chi connectivity index (χ0) is 16.3. The highest BCUT2D eigenvalue weighted by molar-refractivity contribution is 5.94. The van der Waals surface area contributed by atoms with E-state index < -0.39 is 5.82 Å². The zero-order valence-electron chi connectivity index (χ0n) is 12.6. The Kier molecular flexibility index (Phi) is 2.78. The van der Waals surface area contributed by atoms with Gasteiger partial charge >= 0.3 is 0 Å². The summed E-state index contributed by atoms with van der Waals surface area (Å²) in [5.41, 5.74) is 1.24. The maximum absolute atomic E-state index is 14.1. The minimum Gasteiger partial charge on any atom is -0.443 e. The lowest BCUT2D eigenvalue weighted by atomic mass is 10.2. The molecule has 2 aliphatic heterocycles. The van der Waals surface area contributed by atoms with Gasteiger partial charge in [0, 0.05) is 12.7 Å². The van der Waals surface area contributed by atoms with E-state index in [9.17, 15) is 9.18 Å². The second-order valence-corrected chi connectivity index (χ2v) is 6.08.